The van der Waals surface area contributed by atoms with Crippen LogP contribution in [-0.4, -0.2) is 39.8 Å². The number of benzene rings is 3. The van der Waals surface area contributed by atoms with Gasteiger partial charge in [-0.2, -0.15) is 0 Å². The van der Waals surface area contributed by atoms with E-state index in [9.17, 15) is 9.59 Å². The van der Waals surface area contributed by atoms with Crippen molar-refractivity contribution in [2.45, 2.75) is 30.3 Å². The molecule has 0 unspecified atom stereocenters. The van der Waals surface area contributed by atoms with Crippen LogP contribution in [0.3, 0.4) is 0 Å². The maximum absolute atomic E-state index is 12.6. The van der Waals surface area contributed by atoms with E-state index in [4.69, 9.17) is 0 Å². The largest absolute Gasteiger partial charge is 0.348 e. The Morgan fingerprint density at radius 1 is 0.912 bits per heavy atom. The van der Waals surface area contributed by atoms with Crippen LogP contribution in [0.5, 0.6) is 0 Å². The second-order valence-electron chi connectivity index (χ2n) is 8.43. The number of amides is 2. The molecule has 1 saturated heterocycles. The number of carbonyl (C=O) groups is 2. The molecule has 1 fully saturated rings. The molecule has 0 aliphatic carbocycles. The average molecular weight is 471 g/mol. The van der Waals surface area contributed by atoms with Gasteiger partial charge in [-0.3, -0.25) is 9.59 Å². The van der Waals surface area contributed by atoms with Crippen molar-refractivity contribution in [3.05, 3.63) is 95.1 Å². The minimum Gasteiger partial charge on any atom is -0.348 e. The number of hydrogen-bond acceptors (Lipinski definition) is 4. The molecule has 5 rings (SSSR count). The highest BCUT2D eigenvalue weighted by Crippen LogP contribution is 2.23. The molecule has 7 heteroatoms. The molecule has 0 saturated carbocycles. The summed E-state index contributed by atoms with van der Waals surface area (Å²) in [7, 11) is 0. The van der Waals surface area contributed by atoms with Crippen LogP contribution in [0.1, 0.15) is 44.7 Å². The standard InChI is InChI=1S/C27H26N4O2S/c32-25(28-17-20-6-5-7-22(16-20)26(33)31-14-3-4-15-31)21-12-10-19(11-13-21)18-34-27-29-23-8-1-2-9-24(23)30-27/h1-2,5-13,16H,3-4,14-15,17-18H2,(H,28,32)(H,29,30). The van der Waals surface area contributed by atoms with Crippen LogP contribution in [0.2, 0.25) is 0 Å². The van der Waals surface area contributed by atoms with Crippen LogP contribution in [0.4, 0.5) is 0 Å². The molecule has 1 aliphatic heterocycles. The Morgan fingerprint density at radius 3 is 2.50 bits per heavy atom. The van der Waals surface area contributed by atoms with E-state index in [0.717, 1.165) is 59.0 Å². The van der Waals surface area contributed by atoms with E-state index in [-0.39, 0.29) is 11.8 Å². The van der Waals surface area contributed by atoms with Crippen molar-refractivity contribution in [3.63, 3.8) is 0 Å². The number of aromatic amines is 1. The van der Waals surface area contributed by atoms with Crippen LogP contribution >= 0.6 is 11.8 Å². The number of fused-ring (bicyclic) bond motifs is 1. The normalized spacial score (nSPS) is 13.4. The number of thioether (sulfide) groups is 1. The van der Waals surface area contributed by atoms with Gasteiger partial charge in [-0.25, -0.2) is 4.98 Å². The highest BCUT2D eigenvalue weighted by molar-refractivity contribution is 7.98. The molecule has 0 spiro atoms. The van der Waals surface area contributed by atoms with Gasteiger partial charge in [0.2, 0.25) is 0 Å². The minimum absolute atomic E-state index is 0.0711. The Morgan fingerprint density at radius 2 is 1.71 bits per heavy atom. The monoisotopic (exact) mass is 470 g/mol. The zero-order chi connectivity index (χ0) is 23.3. The molecule has 2 N–H and O–H groups in total. The van der Waals surface area contributed by atoms with E-state index in [1.807, 2.05) is 77.7 Å². The molecule has 1 aliphatic rings. The first-order valence-electron chi connectivity index (χ1n) is 11.5. The number of rotatable bonds is 7. The van der Waals surface area contributed by atoms with Crippen LogP contribution in [0.25, 0.3) is 11.0 Å². The molecule has 34 heavy (non-hydrogen) atoms. The maximum atomic E-state index is 12.6. The number of nitrogens with one attached hydrogen (secondary N) is 2. The zero-order valence-corrected chi connectivity index (χ0v) is 19.6. The van der Waals surface area contributed by atoms with Gasteiger partial charge >= 0.3 is 0 Å². The van der Waals surface area contributed by atoms with Gasteiger partial charge in [0.25, 0.3) is 11.8 Å². The lowest BCUT2D eigenvalue weighted by Crippen LogP contribution is -2.28. The lowest BCUT2D eigenvalue weighted by molar-refractivity contribution is 0.0792. The van der Waals surface area contributed by atoms with Gasteiger partial charge in [0.1, 0.15) is 0 Å². The predicted octanol–water partition coefficient (Wildman–Crippen LogP) is 5.02. The minimum atomic E-state index is -0.132. The van der Waals surface area contributed by atoms with E-state index in [2.05, 4.69) is 15.3 Å². The highest BCUT2D eigenvalue weighted by atomic mass is 32.2. The third kappa shape index (κ3) is 5.15. The molecule has 1 aromatic heterocycles. The van der Waals surface area contributed by atoms with Gasteiger partial charge in [-0.15, -0.1) is 0 Å². The lowest BCUT2D eigenvalue weighted by Gasteiger charge is -2.15. The fraction of sp³-hybridized carbons (Fsp3) is 0.222. The fourth-order valence-corrected chi connectivity index (χ4v) is 4.94. The van der Waals surface area contributed by atoms with Crippen LogP contribution in [-0.2, 0) is 12.3 Å². The summed E-state index contributed by atoms with van der Waals surface area (Å²) in [6.07, 6.45) is 2.14. The van der Waals surface area contributed by atoms with Gasteiger partial charge in [-0.1, -0.05) is 48.2 Å². The van der Waals surface area contributed by atoms with Gasteiger partial charge in [0.15, 0.2) is 5.16 Å². The summed E-state index contributed by atoms with van der Waals surface area (Å²) in [5.74, 6) is 0.703. The Kier molecular flexibility index (Phi) is 6.62. The molecule has 0 atom stereocenters. The Bertz CT molecular complexity index is 1280. The third-order valence-electron chi connectivity index (χ3n) is 5.98. The quantitative estimate of drug-likeness (QED) is 0.372. The van der Waals surface area contributed by atoms with E-state index >= 15 is 0 Å². The summed E-state index contributed by atoms with van der Waals surface area (Å²) in [4.78, 5) is 35.0. The Hall–Kier alpha value is -3.58. The number of imidazole rings is 1. The molecule has 6 nitrogen and oxygen atoms in total. The van der Waals surface area contributed by atoms with Gasteiger partial charge < -0.3 is 15.2 Å². The molecule has 0 radical (unpaired) electrons. The zero-order valence-electron chi connectivity index (χ0n) is 18.8. The number of nitrogens with zero attached hydrogens (tertiary/aromatic N) is 2. The van der Waals surface area contributed by atoms with Crippen LogP contribution < -0.4 is 5.32 Å². The number of para-hydroxylation sites is 2. The van der Waals surface area contributed by atoms with Crippen molar-refractivity contribution in [2.75, 3.05) is 13.1 Å². The topological polar surface area (TPSA) is 78.1 Å². The van der Waals surface area contributed by atoms with E-state index in [0.29, 0.717) is 17.7 Å². The van der Waals surface area contributed by atoms with E-state index in [1.54, 1.807) is 11.8 Å². The van der Waals surface area contributed by atoms with Crippen molar-refractivity contribution < 1.29 is 9.59 Å². The fourth-order valence-electron chi connectivity index (χ4n) is 4.10. The summed E-state index contributed by atoms with van der Waals surface area (Å²) in [5, 5.41) is 3.84. The van der Waals surface area contributed by atoms with Gasteiger partial charge in [0, 0.05) is 36.5 Å². The van der Waals surface area contributed by atoms with E-state index in [1.165, 1.54) is 0 Å². The van der Waals surface area contributed by atoms with Crippen LogP contribution in [0, 0.1) is 0 Å². The number of likely N-dealkylation sites (tertiary alicyclic amines) is 1. The maximum Gasteiger partial charge on any atom is 0.253 e. The van der Waals surface area contributed by atoms with Crippen molar-refractivity contribution in [1.29, 1.82) is 0 Å². The molecule has 2 amide bonds. The van der Waals surface area contributed by atoms with Gasteiger partial charge in [-0.05, 0) is 60.4 Å². The molecule has 2 heterocycles. The summed E-state index contributed by atoms with van der Waals surface area (Å²) in [6.45, 7) is 2.03. The smallest absolute Gasteiger partial charge is 0.253 e. The number of H-pyrrole nitrogens is 1. The SMILES string of the molecule is O=C(NCc1cccc(C(=O)N2CCCC2)c1)c1ccc(CSc2nc3ccccc3[nH]2)cc1. The average Bonchev–Trinajstić information content (AvgIpc) is 3.56. The summed E-state index contributed by atoms with van der Waals surface area (Å²) < 4.78 is 0. The third-order valence-corrected chi connectivity index (χ3v) is 6.92. The second-order valence-corrected chi connectivity index (χ2v) is 9.39. The molecule has 172 valence electrons. The Labute approximate surface area is 202 Å². The second kappa shape index (κ2) is 10.1. The number of hydrogen-bond donors (Lipinski definition) is 2. The molecule has 3 aromatic carbocycles. The van der Waals surface area contributed by atoms with Crippen molar-refractivity contribution in [3.8, 4) is 0 Å². The summed E-state index contributed by atoms with van der Waals surface area (Å²) >= 11 is 1.64. The van der Waals surface area contributed by atoms with Crippen LogP contribution in [0.15, 0.2) is 78.0 Å². The number of aromatic nitrogens is 2. The van der Waals surface area contributed by atoms with E-state index < -0.39 is 0 Å². The molecule has 0 bridgehead atoms. The summed E-state index contributed by atoms with van der Waals surface area (Å²) in [5.41, 5.74) is 5.32. The predicted molar refractivity (Wildman–Crippen MR) is 135 cm³/mol. The Balaban J connectivity index is 1.14. The first kappa shape index (κ1) is 22.2. The van der Waals surface area contributed by atoms with Crippen molar-refractivity contribution >= 4 is 34.6 Å². The molecular formula is C27H26N4O2S. The first-order valence-corrected chi connectivity index (χ1v) is 12.5. The lowest BCUT2D eigenvalue weighted by atomic mass is 10.1. The number of carbonyl (C=O) groups excluding carboxylic acids is 2. The molecular weight excluding hydrogens is 444 g/mol. The summed E-state index contributed by atoms with van der Waals surface area (Å²) in [6, 6.07) is 23.1. The van der Waals surface area contributed by atoms with Crippen molar-refractivity contribution in [1.82, 2.24) is 20.2 Å². The van der Waals surface area contributed by atoms with Crippen molar-refractivity contribution in [2.24, 2.45) is 0 Å². The molecule has 4 aromatic rings. The van der Waals surface area contributed by atoms with Gasteiger partial charge in [0.05, 0.1) is 11.0 Å². The first-order chi connectivity index (χ1) is 16.7. The highest BCUT2D eigenvalue weighted by Gasteiger charge is 2.19.